The van der Waals surface area contributed by atoms with Gasteiger partial charge in [-0.05, 0) is 13.8 Å². The summed E-state index contributed by atoms with van der Waals surface area (Å²) in [5.41, 5.74) is -0.671. The van der Waals surface area contributed by atoms with Gasteiger partial charge in [0, 0.05) is 15.9 Å². The number of rotatable bonds is 2. The van der Waals surface area contributed by atoms with Crippen LogP contribution in [0.2, 0.25) is 0 Å². The molecule has 11 heavy (non-hydrogen) atoms. The van der Waals surface area contributed by atoms with Crippen molar-refractivity contribution >= 4 is 15.9 Å². The summed E-state index contributed by atoms with van der Waals surface area (Å²) in [5, 5.41) is 9.46. The summed E-state index contributed by atoms with van der Waals surface area (Å²) in [4.78, 5) is 2.93. The molecule has 0 aliphatic heterocycles. The largest absolute Gasteiger partial charge is 0.386 e. The van der Waals surface area contributed by atoms with Gasteiger partial charge in [-0.2, -0.15) is 0 Å². The van der Waals surface area contributed by atoms with Gasteiger partial charge in [0.2, 0.25) is 10.9 Å². The Hall–Kier alpha value is -0.350. The SMILES string of the molecule is CC(C)(O)C[n+]1c[nH]cc1Br. The van der Waals surface area contributed by atoms with E-state index in [2.05, 4.69) is 20.9 Å². The predicted octanol–water partition coefficient (Wildman–Crippen LogP) is 0.836. The fraction of sp³-hybridized carbons (Fsp3) is 0.571. The second-order valence-corrected chi connectivity index (χ2v) is 4.02. The summed E-state index contributed by atoms with van der Waals surface area (Å²) in [7, 11) is 0. The third-order valence-corrected chi connectivity index (χ3v) is 1.95. The van der Waals surface area contributed by atoms with Crippen molar-refractivity contribution in [3.8, 4) is 0 Å². The molecule has 0 spiro atoms. The summed E-state index contributed by atoms with van der Waals surface area (Å²) >= 11 is 3.34. The van der Waals surface area contributed by atoms with E-state index in [0.717, 1.165) is 4.60 Å². The Kier molecular flexibility index (Phi) is 2.34. The highest BCUT2D eigenvalue weighted by Gasteiger charge is 2.18. The minimum absolute atomic E-state index is 0.580. The number of aromatic amines is 1. The van der Waals surface area contributed by atoms with Gasteiger partial charge >= 0.3 is 0 Å². The van der Waals surface area contributed by atoms with Crippen LogP contribution in [0.15, 0.2) is 17.1 Å². The Morgan fingerprint density at radius 2 is 2.36 bits per heavy atom. The number of H-pyrrole nitrogens is 1. The van der Waals surface area contributed by atoms with E-state index in [1.165, 1.54) is 0 Å². The molecule has 0 saturated carbocycles. The minimum Gasteiger partial charge on any atom is -0.386 e. The van der Waals surface area contributed by atoms with Gasteiger partial charge < -0.3 is 5.11 Å². The van der Waals surface area contributed by atoms with Crippen molar-refractivity contribution in [3.05, 3.63) is 17.1 Å². The zero-order chi connectivity index (χ0) is 8.48. The van der Waals surface area contributed by atoms with Crippen LogP contribution < -0.4 is 4.57 Å². The van der Waals surface area contributed by atoms with Crippen LogP contribution in [0.3, 0.4) is 0 Å². The van der Waals surface area contributed by atoms with Crippen LogP contribution in [0.5, 0.6) is 0 Å². The Bertz CT molecular complexity index is 239. The third kappa shape index (κ3) is 2.63. The van der Waals surface area contributed by atoms with E-state index in [1.807, 2.05) is 17.1 Å². The van der Waals surface area contributed by atoms with Crippen molar-refractivity contribution < 1.29 is 9.67 Å². The molecule has 0 radical (unpaired) electrons. The minimum atomic E-state index is -0.671. The van der Waals surface area contributed by atoms with Gasteiger partial charge in [-0.3, -0.25) is 0 Å². The Balaban J connectivity index is 2.72. The van der Waals surface area contributed by atoms with Crippen molar-refractivity contribution in [2.24, 2.45) is 0 Å². The number of aromatic nitrogens is 2. The number of imidazole rings is 1. The number of halogens is 1. The topological polar surface area (TPSA) is 39.9 Å². The molecule has 1 aromatic rings. The van der Waals surface area contributed by atoms with Crippen molar-refractivity contribution in [2.75, 3.05) is 0 Å². The molecule has 0 aliphatic rings. The summed E-state index contributed by atoms with van der Waals surface area (Å²) in [6.45, 7) is 4.13. The molecule has 1 heterocycles. The molecule has 3 nitrogen and oxygen atoms in total. The molecule has 1 aromatic heterocycles. The number of hydrogen-bond donors (Lipinski definition) is 2. The number of nitrogens with zero attached hydrogens (tertiary/aromatic N) is 1. The smallest absolute Gasteiger partial charge is 0.242 e. The highest BCUT2D eigenvalue weighted by Crippen LogP contribution is 2.04. The average molecular weight is 220 g/mol. The zero-order valence-corrected chi connectivity index (χ0v) is 8.22. The van der Waals surface area contributed by atoms with E-state index < -0.39 is 5.60 Å². The summed E-state index contributed by atoms with van der Waals surface area (Å²) in [6, 6.07) is 0. The molecule has 1 rings (SSSR count). The van der Waals surface area contributed by atoms with Crippen LogP contribution in [0.25, 0.3) is 0 Å². The molecule has 0 unspecified atom stereocenters. The second kappa shape index (κ2) is 2.95. The lowest BCUT2D eigenvalue weighted by Crippen LogP contribution is -2.44. The van der Waals surface area contributed by atoms with E-state index in [0.29, 0.717) is 6.54 Å². The fourth-order valence-electron chi connectivity index (χ4n) is 0.879. The Labute approximate surface area is 74.2 Å². The molecule has 0 aliphatic carbocycles. The fourth-order valence-corrected chi connectivity index (χ4v) is 1.24. The van der Waals surface area contributed by atoms with Crippen LogP contribution >= 0.6 is 15.9 Å². The van der Waals surface area contributed by atoms with Crippen molar-refractivity contribution in [3.63, 3.8) is 0 Å². The van der Waals surface area contributed by atoms with E-state index in [1.54, 1.807) is 13.8 Å². The van der Waals surface area contributed by atoms with Crippen LogP contribution in [0.4, 0.5) is 0 Å². The third-order valence-electron chi connectivity index (χ3n) is 1.26. The van der Waals surface area contributed by atoms with Crippen LogP contribution in [0.1, 0.15) is 13.8 Å². The highest BCUT2D eigenvalue weighted by molar-refractivity contribution is 9.10. The van der Waals surface area contributed by atoms with Crippen LogP contribution in [0, 0.1) is 0 Å². The quantitative estimate of drug-likeness (QED) is 0.712. The summed E-state index contributed by atoms with van der Waals surface area (Å²) in [5.74, 6) is 0. The monoisotopic (exact) mass is 219 g/mol. The molecule has 4 heteroatoms. The summed E-state index contributed by atoms with van der Waals surface area (Å²) < 4.78 is 2.85. The standard InChI is InChI=1S/C7H11BrN2O/c1-7(2,11)4-10-5-9-3-6(10)8/h3,5,11H,4H2,1-2H3/p+1. The van der Waals surface area contributed by atoms with Crippen molar-refractivity contribution in [1.82, 2.24) is 4.98 Å². The normalized spacial score (nSPS) is 12.0. The first kappa shape index (κ1) is 8.74. The van der Waals surface area contributed by atoms with Gasteiger partial charge in [0.05, 0.1) is 5.60 Å². The van der Waals surface area contributed by atoms with E-state index in [4.69, 9.17) is 0 Å². The van der Waals surface area contributed by atoms with Gasteiger partial charge in [0.25, 0.3) is 0 Å². The van der Waals surface area contributed by atoms with Gasteiger partial charge in [-0.1, -0.05) is 0 Å². The molecule has 0 aromatic carbocycles. The first-order valence-electron chi connectivity index (χ1n) is 3.43. The maximum atomic E-state index is 9.46. The highest BCUT2D eigenvalue weighted by atomic mass is 79.9. The predicted molar refractivity (Wildman–Crippen MR) is 45.0 cm³/mol. The average Bonchev–Trinajstić information content (AvgIpc) is 2.12. The molecule has 0 bridgehead atoms. The van der Waals surface area contributed by atoms with Crippen molar-refractivity contribution in [2.45, 2.75) is 26.0 Å². The van der Waals surface area contributed by atoms with Gasteiger partial charge in [0.15, 0.2) is 0 Å². The van der Waals surface area contributed by atoms with Crippen LogP contribution in [-0.4, -0.2) is 15.7 Å². The number of nitrogens with one attached hydrogen (secondary N) is 1. The second-order valence-electron chi connectivity index (χ2n) is 3.20. The maximum absolute atomic E-state index is 9.46. The Morgan fingerprint density at radius 3 is 2.73 bits per heavy atom. The first-order valence-corrected chi connectivity index (χ1v) is 4.22. The number of hydrogen-bond acceptors (Lipinski definition) is 1. The van der Waals surface area contributed by atoms with Gasteiger partial charge in [-0.15, -0.1) is 0 Å². The molecule has 0 amide bonds. The molecule has 0 fully saturated rings. The van der Waals surface area contributed by atoms with E-state index >= 15 is 0 Å². The lowest BCUT2D eigenvalue weighted by Gasteiger charge is -2.13. The first-order chi connectivity index (χ1) is 4.99. The molecule has 0 saturated heterocycles. The van der Waals surface area contributed by atoms with Crippen molar-refractivity contribution in [1.29, 1.82) is 0 Å². The lowest BCUT2D eigenvalue weighted by molar-refractivity contribution is -0.717. The molecule has 2 N–H and O–H groups in total. The molecular weight excluding hydrogens is 208 g/mol. The molecular formula is C7H12BrN2O+. The number of aliphatic hydroxyl groups is 1. The Morgan fingerprint density at radius 1 is 1.73 bits per heavy atom. The van der Waals surface area contributed by atoms with Crippen LogP contribution in [-0.2, 0) is 6.54 Å². The molecule has 0 atom stereocenters. The zero-order valence-electron chi connectivity index (χ0n) is 6.63. The van der Waals surface area contributed by atoms with E-state index in [9.17, 15) is 5.11 Å². The maximum Gasteiger partial charge on any atom is 0.242 e. The van der Waals surface area contributed by atoms with E-state index in [-0.39, 0.29) is 0 Å². The summed E-state index contributed by atoms with van der Waals surface area (Å²) in [6.07, 6.45) is 3.63. The lowest BCUT2D eigenvalue weighted by atomic mass is 10.1. The molecule has 62 valence electrons. The van der Waals surface area contributed by atoms with Gasteiger partial charge in [0.1, 0.15) is 12.7 Å². The van der Waals surface area contributed by atoms with Gasteiger partial charge in [-0.25, -0.2) is 9.55 Å².